The van der Waals surface area contributed by atoms with Crippen molar-refractivity contribution >= 4 is 76.2 Å². The Labute approximate surface area is 365 Å². The summed E-state index contributed by atoms with van der Waals surface area (Å²) >= 11 is 15.2. The molecule has 0 amide bonds. The summed E-state index contributed by atoms with van der Waals surface area (Å²) in [6.07, 6.45) is 0. The number of ether oxygens (including phenoxy) is 2. The second kappa shape index (κ2) is 18.7. The summed E-state index contributed by atoms with van der Waals surface area (Å²) in [7, 11) is -4.24. The Balaban J connectivity index is 0.000000182. The second-order valence-electron chi connectivity index (χ2n) is 13.4. The smallest absolute Gasteiger partial charge is 0.243 e. The molecule has 0 bridgehead atoms. The minimum atomic E-state index is -3.72. The average molecular weight is 936 g/mol. The van der Waals surface area contributed by atoms with Crippen LogP contribution >= 0.6 is 45.9 Å². The summed E-state index contributed by atoms with van der Waals surface area (Å²) in [5.41, 5.74) is 3.19. The number of sulfonamides is 2. The Morgan fingerprint density at radius 3 is 1.53 bits per heavy atom. The fourth-order valence-corrected chi connectivity index (χ4v) is 11.7. The summed E-state index contributed by atoms with van der Waals surface area (Å²) in [6.45, 7) is 3.21. The van der Waals surface area contributed by atoms with Crippen LogP contribution in [0.1, 0.15) is 0 Å². The number of methoxy groups -OCH3 is 2. The number of aromatic nitrogens is 2. The van der Waals surface area contributed by atoms with E-state index in [1.807, 2.05) is 39.9 Å². The maximum absolute atomic E-state index is 13.5. The van der Waals surface area contributed by atoms with Crippen LogP contribution in [0.25, 0.3) is 22.5 Å². The lowest BCUT2D eigenvalue weighted by atomic mass is 10.1. The van der Waals surface area contributed by atoms with Crippen LogP contribution in [0.4, 0.5) is 19.0 Å². The van der Waals surface area contributed by atoms with Crippen molar-refractivity contribution in [2.45, 2.75) is 9.79 Å². The van der Waals surface area contributed by atoms with E-state index in [4.69, 9.17) is 37.7 Å². The normalized spacial score (nSPS) is 15.4. The number of nitrogens with zero attached hydrogens (tertiary/aromatic N) is 6. The standard InChI is InChI=1S/C21H22FN3O4S2.C19H16Cl2FN3O2S2/c1-28-16-6-7-18(20(13-16)29-2)19-14-30-21(23-19)24-8-10-25(11-9-24)31(26,27)17-5-3-4-15(22)12-17;20-13-4-5-16(17(21)10-13)18-12-28-19(23-18)24-6-8-25(9-7-24)29(26,27)15-3-1-2-14(22)11-15/h3-7,12-14H,8-11H2,1-2H3;1-5,10-12H,6-9H2. The molecule has 60 heavy (non-hydrogen) atoms. The van der Waals surface area contributed by atoms with Crippen LogP contribution in [-0.2, 0) is 20.0 Å². The van der Waals surface area contributed by atoms with Crippen LogP contribution in [0.5, 0.6) is 11.5 Å². The van der Waals surface area contributed by atoms with Gasteiger partial charge in [0.05, 0.1) is 40.4 Å². The van der Waals surface area contributed by atoms with Crippen molar-refractivity contribution in [3.05, 3.63) is 117 Å². The molecule has 4 heterocycles. The molecule has 0 radical (unpaired) electrons. The molecule has 2 saturated heterocycles. The highest BCUT2D eigenvalue weighted by Gasteiger charge is 2.31. The molecule has 2 aliphatic heterocycles. The molecule has 316 valence electrons. The first kappa shape index (κ1) is 43.7. The van der Waals surface area contributed by atoms with Crippen molar-refractivity contribution in [1.29, 1.82) is 0 Å². The van der Waals surface area contributed by atoms with Crippen molar-refractivity contribution in [2.75, 3.05) is 76.4 Å². The molecule has 8 rings (SSSR count). The SMILES string of the molecule is COc1ccc(-c2csc(N3CCN(S(=O)(=O)c4cccc(F)c4)CC3)n2)c(OC)c1.O=S(=O)(c1cccc(F)c1)N1CCN(c2nc(-c3ccc(Cl)cc3Cl)cs2)CC1. The number of hydrogen-bond donors (Lipinski definition) is 0. The van der Waals surface area contributed by atoms with E-state index < -0.39 is 31.7 Å². The van der Waals surface area contributed by atoms with Gasteiger partial charge in [-0.1, -0.05) is 35.3 Å². The molecule has 4 aromatic carbocycles. The molecular weight excluding hydrogens is 898 g/mol. The molecule has 0 aliphatic carbocycles. The number of anilines is 2. The summed E-state index contributed by atoms with van der Waals surface area (Å²) < 4.78 is 91.5. The van der Waals surface area contributed by atoms with Gasteiger partial charge in [-0.2, -0.15) is 8.61 Å². The molecule has 0 N–H and O–H groups in total. The van der Waals surface area contributed by atoms with E-state index in [2.05, 4.69) is 9.88 Å². The summed E-state index contributed by atoms with van der Waals surface area (Å²) in [5, 5.41) is 6.57. The highest BCUT2D eigenvalue weighted by atomic mass is 35.5. The average Bonchev–Trinajstić information content (AvgIpc) is 3.95. The van der Waals surface area contributed by atoms with Crippen LogP contribution in [0.3, 0.4) is 0 Å². The van der Waals surface area contributed by atoms with Crippen molar-refractivity contribution in [3.63, 3.8) is 0 Å². The summed E-state index contributed by atoms with van der Waals surface area (Å²) in [5.74, 6) is 0.235. The highest BCUT2D eigenvalue weighted by molar-refractivity contribution is 7.89. The van der Waals surface area contributed by atoms with E-state index in [1.54, 1.807) is 26.4 Å². The van der Waals surface area contributed by atoms with Crippen LogP contribution < -0.4 is 19.3 Å². The maximum atomic E-state index is 13.5. The third kappa shape index (κ3) is 9.71. The Bertz CT molecular complexity index is 2690. The molecule has 2 aromatic heterocycles. The van der Waals surface area contributed by atoms with E-state index in [0.717, 1.165) is 44.9 Å². The fourth-order valence-electron chi connectivity index (χ4n) is 6.57. The molecular formula is C40H38Cl2F2N6O6S4. The summed E-state index contributed by atoms with van der Waals surface area (Å²) in [4.78, 5) is 13.4. The number of rotatable bonds is 10. The highest BCUT2D eigenvalue weighted by Crippen LogP contribution is 2.37. The minimum absolute atomic E-state index is 0.0240. The van der Waals surface area contributed by atoms with E-state index in [-0.39, 0.29) is 9.79 Å². The van der Waals surface area contributed by atoms with Gasteiger partial charge in [0.25, 0.3) is 0 Å². The first-order valence-electron chi connectivity index (χ1n) is 18.4. The lowest BCUT2D eigenvalue weighted by molar-refractivity contribution is 0.384. The van der Waals surface area contributed by atoms with Crippen LogP contribution in [-0.4, -0.2) is 102 Å². The summed E-state index contributed by atoms with van der Waals surface area (Å²) in [6, 6.07) is 21.0. The molecule has 0 saturated carbocycles. The molecule has 0 spiro atoms. The third-order valence-electron chi connectivity index (χ3n) is 9.76. The molecule has 2 fully saturated rings. The number of thiazole rings is 2. The van der Waals surface area contributed by atoms with E-state index in [0.29, 0.717) is 73.9 Å². The number of benzene rings is 4. The first-order chi connectivity index (χ1) is 28.8. The zero-order chi connectivity index (χ0) is 42.6. The van der Waals surface area contributed by atoms with Crippen LogP contribution in [0.15, 0.2) is 105 Å². The lowest BCUT2D eigenvalue weighted by Crippen LogP contribution is -2.48. The monoisotopic (exact) mass is 934 g/mol. The van der Waals surface area contributed by atoms with Crippen molar-refractivity contribution in [3.8, 4) is 34.0 Å². The van der Waals surface area contributed by atoms with E-state index >= 15 is 0 Å². The van der Waals surface area contributed by atoms with E-state index in [1.165, 1.54) is 67.7 Å². The molecule has 20 heteroatoms. The number of halogens is 4. The lowest BCUT2D eigenvalue weighted by Gasteiger charge is -2.33. The Hall–Kier alpha value is -4.40. The van der Waals surface area contributed by atoms with Crippen molar-refractivity contribution in [1.82, 2.24) is 18.6 Å². The molecule has 0 atom stereocenters. The quantitative estimate of drug-likeness (QED) is 0.133. The van der Waals surface area contributed by atoms with Gasteiger partial charge in [0.2, 0.25) is 20.0 Å². The van der Waals surface area contributed by atoms with Crippen LogP contribution in [0.2, 0.25) is 10.0 Å². The Morgan fingerprint density at radius 1 is 0.600 bits per heavy atom. The fraction of sp³-hybridized carbons (Fsp3) is 0.250. The topological polar surface area (TPSA) is 125 Å². The van der Waals surface area contributed by atoms with Gasteiger partial charge in [-0.25, -0.2) is 35.6 Å². The number of piperazine rings is 2. The molecule has 0 unspecified atom stereocenters. The van der Waals surface area contributed by atoms with Gasteiger partial charge in [0.15, 0.2) is 10.3 Å². The zero-order valence-corrected chi connectivity index (χ0v) is 36.9. The largest absolute Gasteiger partial charge is 0.497 e. The third-order valence-corrected chi connectivity index (χ3v) is 15.9. The molecule has 2 aliphatic rings. The predicted molar refractivity (Wildman–Crippen MR) is 233 cm³/mol. The van der Waals surface area contributed by atoms with Gasteiger partial charge in [-0.05, 0) is 66.7 Å². The van der Waals surface area contributed by atoms with Crippen molar-refractivity contribution in [2.24, 2.45) is 0 Å². The molecule has 12 nitrogen and oxygen atoms in total. The second-order valence-corrected chi connectivity index (χ2v) is 19.8. The Kier molecular flexibility index (Phi) is 13.6. The molecule has 6 aromatic rings. The Morgan fingerprint density at radius 2 is 1.08 bits per heavy atom. The van der Waals surface area contributed by atoms with Gasteiger partial charge in [0, 0.05) is 85.3 Å². The predicted octanol–water partition coefficient (Wildman–Crippen LogP) is 8.24. The zero-order valence-electron chi connectivity index (χ0n) is 32.2. The van der Waals surface area contributed by atoms with Gasteiger partial charge < -0.3 is 19.3 Å². The van der Waals surface area contributed by atoms with Gasteiger partial charge in [-0.15, -0.1) is 22.7 Å². The van der Waals surface area contributed by atoms with Crippen LogP contribution in [0, 0.1) is 11.6 Å². The minimum Gasteiger partial charge on any atom is -0.497 e. The van der Waals surface area contributed by atoms with Gasteiger partial charge in [-0.3, -0.25) is 0 Å². The maximum Gasteiger partial charge on any atom is 0.243 e. The van der Waals surface area contributed by atoms with Gasteiger partial charge in [0.1, 0.15) is 23.1 Å². The van der Waals surface area contributed by atoms with Crippen molar-refractivity contribution < 1.29 is 35.1 Å². The van der Waals surface area contributed by atoms with Gasteiger partial charge >= 0.3 is 0 Å². The van der Waals surface area contributed by atoms with E-state index in [9.17, 15) is 25.6 Å². The first-order valence-corrected chi connectivity index (χ1v) is 23.8. The number of hydrogen-bond acceptors (Lipinski definition) is 12.